The van der Waals surface area contributed by atoms with E-state index in [4.69, 9.17) is 11.5 Å². The number of aliphatic hydroxyl groups excluding tert-OH is 1. The molecule has 20 heavy (non-hydrogen) atoms. The molecule has 1 aromatic rings. The molecule has 1 aromatic carbocycles. The molecule has 0 fully saturated rings. The Morgan fingerprint density at radius 2 is 2.15 bits per heavy atom. The average molecular weight is 274 g/mol. The van der Waals surface area contributed by atoms with Gasteiger partial charge in [-0.05, 0) is 30.5 Å². The maximum Gasteiger partial charge on any atom is 0.313 e. The number of hydrogen-bond donors (Lipinski definition) is 3. The van der Waals surface area contributed by atoms with Crippen molar-refractivity contribution in [2.75, 3.05) is 18.5 Å². The van der Waals surface area contributed by atoms with Crippen molar-refractivity contribution >= 4 is 17.5 Å². The van der Waals surface area contributed by atoms with Gasteiger partial charge in [0, 0.05) is 24.4 Å². The molecule has 106 valence electrons. The SMILES string of the molecule is C#Cc1cccc(NC(=O)C(=O)NCC(C)CCO)c1. The molecule has 1 rings (SSSR count). The van der Waals surface area contributed by atoms with Crippen molar-refractivity contribution < 1.29 is 14.7 Å². The Kier molecular flexibility index (Phi) is 6.27. The predicted molar refractivity (Wildman–Crippen MR) is 76.9 cm³/mol. The maximum absolute atomic E-state index is 11.7. The molecule has 5 heteroatoms. The lowest BCUT2D eigenvalue weighted by Gasteiger charge is -2.11. The Bertz CT molecular complexity index is 520. The van der Waals surface area contributed by atoms with Crippen LogP contribution in [0.3, 0.4) is 0 Å². The molecule has 0 saturated carbocycles. The normalized spacial score (nSPS) is 11.2. The number of terminal acetylenes is 1. The summed E-state index contributed by atoms with van der Waals surface area (Å²) < 4.78 is 0. The van der Waals surface area contributed by atoms with Gasteiger partial charge >= 0.3 is 11.8 Å². The number of hydrogen-bond acceptors (Lipinski definition) is 3. The van der Waals surface area contributed by atoms with E-state index in [0.29, 0.717) is 24.2 Å². The first kappa shape index (κ1) is 15.7. The van der Waals surface area contributed by atoms with Crippen molar-refractivity contribution in [1.82, 2.24) is 5.32 Å². The van der Waals surface area contributed by atoms with Crippen molar-refractivity contribution in [3.05, 3.63) is 29.8 Å². The van der Waals surface area contributed by atoms with E-state index in [1.807, 2.05) is 6.92 Å². The summed E-state index contributed by atoms with van der Waals surface area (Å²) in [6, 6.07) is 6.69. The third-order valence-corrected chi connectivity index (χ3v) is 2.73. The van der Waals surface area contributed by atoms with Crippen molar-refractivity contribution in [1.29, 1.82) is 0 Å². The van der Waals surface area contributed by atoms with E-state index in [0.717, 1.165) is 0 Å². The summed E-state index contributed by atoms with van der Waals surface area (Å²) in [5.74, 6) is 1.11. The molecule has 1 unspecified atom stereocenters. The van der Waals surface area contributed by atoms with Gasteiger partial charge in [0.15, 0.2) is 0 Å². The van der Waals surface area contributed by atoms with E-state index < -0.39 is 11.8 Å². The van der Waals surface area contributed by atoms with Crippen molar-refractivity contribution in [2.24, 2.45) is 5.92 Å². The molecular weight excluding hydrogens is 256 g/mol. The Morgan fingerprint density at radius 3 is 2.80 bits per heavy atom. The fourth-order valence-electron chi connectivity index (χ4n) is 1.54. The molecule has 1 atom stereocenters. The molecule has 0 aliphatic carbocycles. The van der Waals surface area contributed by atoms with Crippen LogP contribution in [0.4, 0.5) is 5.69 Å². The van der Waals surface area contributed by atoms with Gasteiger partial charge in [0.2, 0.25) is 0 Å². The van der Waals surface area contributed by atoms with E-state index in [9.17, 15) is 9.59 Å². The van der Waals surface area contributed by atoms with Crippen LogP contribution in [0.1, 0.15) is 18.9 Å². The molecule has 0 spiro atoms. The highest BCUT2D eigenvalue weighted by molar-refractivity contribution is 6.39. The van der Waals surface area contributed by atoms with Gasteiger partial charge in [0.25, 0.3) is 0 Å². The highest BCUT2D eigenvalue weighted by atomic mass is 16.3. The second-order valence-electron chi connectivity index (χ2n) is 4.51. The van der Waals surface area contributed by atoms with Crippen LogP contribution >= 0.6 is 0 Å². The summed E-state index contributed by atoms with van der Waals surface area (Å²) in [7, 11) is 0. The molecule has 0 aliphatic heterocycles. The number of aliphatic hydroxyl groups is 1. The predicted octanol–water partition coefficient (Wildman–Crippen LogP) is 0.741. The number of carbonyl (C=O) groups excluding carboxylic acids is 2. The fourth-order valence-corrected chi connectivity index (χ4v) is 1.54. The largest absolute Gasteiger partial charge is 0.396 e. The Balaban J connectivity index is 2.49. The number of nitrogens with one attached hydrogen (secondary N) is 2. The van der Waals surface area contributed by atoms with Gasteiger partial charge in [0.05, 0.1) is 0 Å². The molecule has 5 nitrogen and oxygen atoms in total. The number of benzene rings is 1. The van der Waals surface area contributed by atoms with Gasteiger partial charge in [0.1, 0.15) is 0 Å². The van der Waals surface area contributed by atoms with Gasteiger partial charge in [-0.25, -0.2) is 0 Å². The van der Waals surface area contributed by atoms with E-state index in [-0.39, 0.29) is 12.5 Å². The Labute approximate surface area is 118 Å². The number of amides is 2. The summed E-state index contributed by atoms with van der Waals surface area (Å²) in [6.45, 7) is 2.28. The molecule has 0 saturated heterocycles. The fraction of sp³-hybridized carbons (Fsp3) is 0.333. The Hall–Kier alpha value is -2.32. The zero-order chi connectivity index (χ0) is 15.0. The summed E-state index contributed by atoms with van der Waals surface area (Å²) in [5.41, 5.74) is 1.10. The number of carbonyl (C=O) groups is 2. The summed E-state index contributed by atoms with van der Waals surface area (Å²) >= 11 is 0. The number of rotatable bonds is 5. The van der Waals surface area contributed by atoms with Crippen LogP contribution in [0.15, 0.2) is 24.3 Å². The lowest BCUT2D eigenvalue weighted by atomic mass is 10.1. The quantitative estimate of drug-likeness (QED) is 0.547. The van der Waals surface area contributed by atoms with Gasteiger partial charge < -0.3 is 15.7 Å². The van der Waals surface area contributed by atoms with Crippen LogP contribution < -0.4 is 10.6 Å². The molecule has 0 bridgehead atoms. The summed E-state index contributed by atoms with van der Waals surface area (Å²) in [6.07, 6.45) is 5.83. The highest BCUT2D eigenvalue weighted by Crippen LogP contribution is 2.09. The van der Waals surface area contributed by atoms with E-state index in [1.165, 1.54) is 0 Å². The highest BCUT2D eigenvalue weighted by Gasteiger charge is 2.14. The zero-order valence-electron chi connectivity index (χ0n) is 11.3. The molecule has 0 heterocycles. The minimum Gasteiger partial charge on any atom is -0.396 e. The third-order valence-electron chi connectivity index (χ3n) is 2.73. The number of anilines is 1. The summed E-state index contributed by atoms with van der Waals surface area (Å²) in [5, 5.41) is 13.7. The van der Waals surface area contributed by atoms with Gasteiger partial charge in [-0.1, -0.05) is 18.9 Å². The molecule has 0 radical (unpaired) electrons. The maximum atomic E-state index is 11.7. The van der Waals surface area contributed by atoms with Crippen LogP contribution in [0, 0.1) is 18.3 Å². The van der Waals surface area contributed by atoms with E-state index in [1.54, 1.807) is 24.3 Å². The van der Waals surface area contributed by atoms with Gasteiger partial charge in [-0.2, -0.15) is 0 Å². The lowest BCUT2D eigenvalue weighted by molar-refractivity contribution is -0.136. The molecular formula is C15H18N2O3. The molecule has 0 aromatic heterocycles. The minimum absolute atomic E-state index is 0.0577. The standard InChI is InChI=1S/C15H18N2O3/c1-3-12-5-4-6-13(9-12)17-15(20)14(19)16-10-11(2)7-8-18/h1,4-6,9,11,18H,7-8,10H2,2H3,(H,16,19)(H,17,20). The molecule has 0 aliphatic rings. The average Bonchev–Trinajstić information content (AvgIpc) is 2.45. The monoisotopic (exact) mass is 274 g/mol. The summed E-state index contributed by atoms with van der Waals surface area (Å²) in [4.78, 5) is 23.2. The van der Waals surface area contributed by atoms with Crippen molar-refractivity contribution in [3.8, 4) is 12.3 Å². The first-order valence-corrected chi connectivity index (χ1v) is 6.33. The minimum atomic E-state index is -0.740. The molecule has 2 amide bonds. The van der Waals surface area contributed by atoms with Gasteiger partial charge in [-0.15, -0.1) is 6.42 Å². The van der Waals surface area contributed by atoms with Gasteiger partial charge in [-0.3, -0.25) is 9.59 Å². The van der Waals surface area contributed by atoms with Crippen LogP contribution in [-0.2, 0) is 9.59 Å². The van der Waals surface area contributed by atoms with Crippen LogP contribution in [-0.4, -0.2) is 30.1 Å². The topological polar surface area (TPSA) is 78.4 Å². The van der Waals surface area contributed by atoms with E-state index >= 15 is 0 Å². The first-order chi connectivity index (χ1) is 9.56. The zero-order valence-corrected chi connectivity index (χ0v) is 11.3. The smallest absolute Gasteiger partial charge is 0.313 e. The lowest BCUT2D eigenvalue weighted by Crippen LogP contribution is -2.37. The third kappa shape index (κ3) is 5.12. The van der Waals surface area contributed by atoms with Crippen molar-refractivity contribution in [3.63, 3.8) is 0 Å². The van der Waals surface area contributed by atoms with Crippen LogP contribution in [0.2, 0.25) is 0 Å². The second-order valence-corrected chi connectivity index (χ2v) is 4.51. The van der Waals surface area contributed by atoms with E-state index in [2.05, 4.69) is 16.6 Å². The van der Waals surface area contributed by atoms with Crippen molar-refractivity contribution in [2.45, 2.75) is 13.3 Å². The first-order valence-electron chi connectivity index (χ1n) is 6.33. The van der Waals surface area contributed by atoms with Crippen LogP contribution in [0.5, 0.6) is 0 Å². The van der Waals surface area contributed by atoms with Crippen LogP contribution in [0.25, 0.3) is 0 Å². The molecule has 3 N–H and O–H groups in total. The Morgan fingerprint density at radius 1 is 1.40 bits per heavy atom. The second kappa shape index (κ2) is 7.97.